The molecule has 89 heavy (non-hydrogen) atoms. The topological polar surface area (TPSA) is 35.6 Å². The van der Waals surface area contributed by atoms with E-state index in [2.05, 4.69) is 201 Å². The molecule has 6 heterocycles. The monoisotopic (exact) mass is 1160 g/mol. The van der Waals surface area contributed by atoms with Crippen LogP contribution in [0.1, 0.15) is 208 Å². The molecular formula is C83H90B2N4. The second kappa shape index (κ2) is 16.2. The molecule has 22 rings (SSSR count). The predicted octanol–water partition coefficient (Wildman–Crippen LogP) is 16.0. The molecule has 2 aromatic heterocycles. The Morgan fingerprint density at radius 3 is 1.74 bits per heavy atom. The van der Waals surface area contributed by atoms with Crippen molar-refractivity contribution in [3.05, 3.63) is 143 Å². The minimum Gasteiger partial charge on any atom is -0.297 e. The zero-order valence-electron chi connectivity index (χ0n) is 55.8. The first kappa shape index (κ1) is 53.5. The first-order chi connectivity index (χ1) is 42.5. The van der Waals surface area contributed by atoms with E-state index in [1.54, 1.807) is 22.9 Å². The van der Waals surface area contributed by atoms with Gasteiger partial charge in [-0.2, -0.15) is 0 Å². The van der Waals surface area contributed by atoms with Crippen molar-refractivity contribution in [1.29, 1.82) is 0 Å². The molecule has 0 radical (unpaired) electrons. The lowest BCUT2D eigenvalue weighted by Gasteiger charge is -2.49. The van der Waals surface area contributed by atoms with E-state index >= 15 is 0 Å². The zero-order valence-corrected chi connectivity index (χ0v) is 55.8. The Labute approximate surface area is 530 Å². The van der Waals surface area contributed by atoms with E-state index in [1.165, 1.54) is 176 Å². The summed E-state index contributed by atoms with van der Waals surface area (Å²) in [7, 11) is 0. The van der Waals surface area contributed by atoms with Gasteiger partial charge in [-0.1, -0.05) is 193 Å². The van der Waals surface area contributed by atoms with Gasteiger partial charge in [0, 0.05) is 22.2 Å². The van der Waals surface area contributed by atoms with Crippen LogP contribution < -0.4 is 32.8 Å². The van der Waals surface area contributed by atoms with E-state index in [-0.39, 0.29) is 45.9 Å². The third kappa shape index (κ3) is 6.01. The SMILES string of the molecule is CC.CC(C)(C)c1ccc2c3c(cccc13)B1c3c-2cccc3-n2c(C34CC5CC6CC(C3)C6(C5)C4)nc3cc(C45CC6CC7CC(C4)C7(C6)C5)cc1c32.CC(C)(C)c1nc2cccc3c2n1-c1cccc2c1B3c1cc3c(cc1-2)C(C)(C)C(C)(C)C3(C)C. The molecule has 4 aliphatic heterocycles. The van der Waals surface area contributed by atoms with E-state index in [4.69, 9.17) is 9.97 Å². The van der Waals surface area contributed by atoms with Crippen molar-refractivity contribution >= 4 is 79.0 Å². The largest absolute Gasteiger partial charge is 0.297 e. The smallest absolute Gasteiger partial charge is 0.248 e. The number of nitrogens with zero attached hydrogens (tertiary/aromatic N) is 4. The molecule has 9 aromatic rings. The molecule has 10 unspecified atom stereocenters. The zero-order chi connectivity index (χ0) is 60.8. The quantitative estimate of drug-likeness (QED) is 0.162. The number of rotatable bonds is 2. The number of hydrogen-bond acceptors (Lipinski definition) is 2. The number of hydrogen-bond donors (Lipinski definition) is 0. The highest BCUT2D eigenvalue weighted by Gasteiger charge is 2.73. The third-order valence-corrected chi connectivity index (χ3v) is 29.8. The van der Waals surface area contributed by atoms with Crippen LogP contribution in [0.4, 0.5) is 0 Å². The van der Waals surface area contributed by atoms with Gasteiger partial charge in [-0.15, -0.1) is 0 Å². The molecule has 13 aliphatic rings. The molecule has 10 atom stereocenters. The Hall–Kier alpha value is -6.13. The summed E-state index contributed by atoms with van der Waals surface area (Å²) in [6, 6.07) is 43.9. The molecule has 9 aliphatic carbocycles. The third-order valence-electron chi connectivity index (χ3n) is 29.8. The van der Waals surface area contributed by atoms with Crippen molar-refractivity contribution in [2.24, 2.45) is 51.8 Å². The first-order valence-corrected chi connectivity index (χ1v) is 35.6. The van der Waals surface area contributed by atoms with E-state index in [0.29, 0.717) is 16.2 Å². The predicted molar refractivity (Wildman–Crippen MR) is 373 cm³/mol. The van der Waals surface area contributed by atoms with Gasteiger partial charge in [0.2, 0.25) is 13.4 Å². The van der Waals surface area contributed by atoms with Crippen LogP contribution in [-0.2, 0) is 32.5 Å². The van der Waals surface area contributed by atoms with E-state index in [9.17, 15) is 0 Å². The highest BCUT2D eigenvalue weighted by molar-refractivity contribution is 7.01. The summed E-state index contributed by atoms with van der Waals surface area (Å²) >= 11 is 0. The highest BCUT2D eigenvalue weighted by atomic mass is 15.1. The molecule has 8 fully saturated rings. The van der Waals surface area contributed by atoms with Crippen LogP contribution in [-0.4, -0.2) is 32.5 Å². The summed E-state index contributed by atoms with van der Waals surface area (Å²) in [4.78, 5) is 11.2. The van der Waals surface area contributed by atoms with Crippen molar-refractivity contribution in [2.75, 3.05) is 0 Å². The van der Waals surface area contributed by atoms with Gasteiger partial charge in [-0.05, 0) is 252 Å². The summed E-state index contributed by atoms with van der Waals surface area (Å²) in [6.07, 6.45) is 17.6. The van der Waals surface area contributed by atoms with Crippen molar-refractivity contribution in [3.63, 3.8) is 0 Å². The minimum atomic E-state index is -0.0435. The molecule has 6 bridgehead atoms. The molecule has 2 spiro atoms. The molecule has 8 saturated carbocycles. The maximum absolute atomic E-state index is 6.07. The van der Waals surface area contributed by atoms with Crippen LogP contribution in [0.25, 0.3) is 66.5 Å². The molecule has 6 heteroatoms. The molecule has 448 valence electrons. The lowest BCUT2D eigenvalue weighted by Crippen LogP contribution is -2.59. The Kier molecular flexibility index (Phi) is 9.74. The Morgan fingerprint density at radius 1 is 0.472 bits per heavy atom. The van der Waals surface area contributed by atoms with Crippen molar-refractivity contribution < 1.29 is 0 Å². The fraction of sp³-hybridized carbons (Fsp3) is 0.494. The number of imidazole rings is 2. The standard InChI is InChI=1S/C49H49BN2.C32H35BN2.C2H6/c1-45(2,3)36-11-10-33-34-6-5-9-40-42(34)50(37-8-4-7-35(36)41(33)37)38-16-28(46-18-26-12-29-14-31(22-46)48(29,20-26)24-46)17-39-43(38)52(40)44(51-39)47-19-27-13-30-15-32(23-47)49(30,21-27)25-47;1-29(2,3)28-34-24-14-11-13-22-27(24)35(28)25-15-10-12-18-19-16-20-21(17-23(19)33(22)26(18)25)31(6,7)32(8,9)30(20,4)5;1-2/h4-11,16-17,26-27,29-32H,12-15,18-25H2,1-3H3;10-17H,1-9H3;1-2H3. The van der Waals surface area contributed by atoms with Gasteiger partial charge in [0.1, 0.15) is 11.6 Å². The van der Waals surface area contributed by atoms with Crippen LogP contribution in [0, 0.1) is 51.8 Å². The van der Waals surface area contributed by atoms with Crippen LogP contribution in [0.3, 0.4) is 0 Å². The van der Waals surface area contributed by atoms with Gasteiger partial charge >= 0.3 is 0 Å². The minimum absolute atomic E-state index is 0.0435. The summed E-state index contributed by atoms with van der Waals surface area (Å²) in [5, 5.41) is 2.96. The number of aromatic nitrogens is 4. The highest BCUT2D eigenvalue weighted by Crippen LogP contribution is 2.80. The maximum Gasteiger partial charge on any atom is 0.248 e. The summed E-state index contributed by atoms with van der Waals surface area (Å²) in [5.41, 5.74) is 31.2. The van der Waals surface area contributed by atoms with Gasteiger partial charge in [0.25, 0.3) is 0 Å². The van der Waals surface area contributed by atoms with Crippen molar-refractivity contribution in [2.45, 2.75) is 206 Å². The van der Waals surface area contributed by atoms with Gasteiger partial charge in [0.15, 0.2) is 0 Å². The number of benzene rings is 7. The Bertz CT molecular complexity index is 4750. The van der Waals surface area contributed by atoms with Gasteiger partial charge in [-0.3, -0.25) is 9.13 Å². The van der Waals surface area contributed by atoms with Crippen molar-refractivity contribution in [3.8, 4) is 33.6 Å². The van der Waals surface area contributed by atoms with E-state index in [0.717, 1.165) is 46.8 Å². The maximum atomic E-state index is 6.07. The van der Waals surface area contributed by atoms with E-state index in [1.807, 2.05) is 13.8 Å². The lowest BCUT2D eigenvalue weighted by molar-refractivity contribution is -0.000342. The molecular weight excluding hydrogens is 1070 g/mol. The summed E-state index contributed by atoms with van der Waals surface area (Å²) in [6.45, 7) is 33.2. The second-order valence-corrected chi connectivity index (χ2v) is 35.9. The van der Waals surface area contributed by atoms with Crippen molar-refractivity contribution in [1.82, 2.24) is 19.1 Å². The number of fused-ring (bicyclic) bond motifs is 14. The van der Waals surface area contributed by atoms with E-state index < -0.39 is 0 Å². The van der Waals surface area contributed by atoms with Gasteiger partial charge in [-0.25, -0.2) is 9.97 Å². The molecule has 0 saturated heterocycles. The van der Waals surface area contributed by atoms with Gasteiger partial charge < -0.3 is 0 Å². The fourth-order valence-electron chi connectivity index (χ4n) is 25.5. The Balaban J connectivity index is 0.000000131. The van der Waals surface area contributed by atoms with Gasteiger partial charge in [0.05, 0.1) is 22.1 Å². The fourth-order valence-corrected chi connectivity index (χ4v) is 25.5. The summed E-state index contributed by atoms with van der Waals surface area (Å²) in [5.74, 6) is 8.41. The van der Waals surface area contributed by atoms with Crippen LogP contribution in [0.5, 0.6) is 0 Å². The summed E-state index contributed by atoms with van der Waals surface area (Å²) < 4.78 is 5.28. The molecule has 4 nitrogen and oxygen atoms in total. The average Bonchev–Trinajstić information content (AvgIpc) is 1.54. The lowest BCUT2D eigenvalue weighted by atomic mass is 9.32. The second-order valence-electron chi connectivity index (χ2n) is 35.9. The average molecular weight is 1170 g/mol. The van der Waals surface area contributed by atoms with Crippen LogP contribution in [0.2, 0.25) is 0 Å². The van der Waals surface area contributed by atoms with Crippen LogP contribution >= 0.6 is 0 Å². The molecule has 0 amide bonds. The first-order valence-electron chi connectivity index (χ1n) is 35.6. The normalized spacial score (nSPS) is 31.8. The van der Waals surface area contributed by atoms with Crippen LogP contribution in [0.15, 0.2) is 109 Å². The Morgan fingerprint density at radius 2 is 1.06 bits per heavy atom. The molecule has 7 aromatic carbocycles. The molecule has 0 N–H and O–H groups in total. The number of para-hydroxylation sites is 1.